The number of hydrogen-bond donors (Lipinski definition) is 2. The lowest BCUT2D eigenvalue weighted by atomic mass is 10.1. The number of hydrogen-bond acceptors (Lipinski definition) is 4. The second-order valence-corrected chi connectivity index (χ2v) is 7.94. The van der Waals surface area contributed by atoms with Crippen LogP contribution in [0.5, 0.6) is 11.5 Å². The molecule has 0 fully saturated rings. The maximum absolute atomic E-state index is 12.9. The van der Waals surface area contributed by atoms with Crippen molar-refractivity contribution in [2.75, 3.05) is 19.5 Å². The Labute approximate surface area is 197 Å². The van der Waals surface area contributed by atoms with Gasteiger partial charge in [0.2, 0.25) is 0 Å². The van der Waals surface area contributed by atoms with Crippen LogP contribution in [0.3, 0.4) is 0 Å². The van der Waals surface area contributed by atoms with Crippen molar-refractivity contribution in [2.24, 2.45) is 0 Å². The Balaban J connectivity index is 1.67. The molecule has 1 aromatic heterocycles. The second kappa shape index (κ2) is 10.2. The summed E-state index contributed by atoms with van der Waals surface area (Å²) in [6.45, 7) is 0.899. The molecule has 0 atom stereocenters. The average Bonchev–Trinajstić information content (AvgIpc) is 2.84. The molecule has 4 aromatic rings. The lowest BCUT2D eigenvalue weighted by Gasteiger charge is -2.26. The number of aromatic amines is 1. The quantitative estimate of drug-likeness (QED) is 0.382. The molecule has 0 unspecified atom stereocenters. The summed E-state index contributed by atoms with van der Waals surface area (Å²) < 4.78 is 10.8. The minimum atomic E-state index is -0.171. The molecule has 6 nitrogen and oxygen atoms in total. The van der Waals surface area contributed by atoms with Gasteiger partial charge < -0.3 is 24.7 Å². The van der Waals surface area contributed by atoms with Gasteiger partial charge in [-0.05, 0) is 42.0 Å². The SMILES string of the molecule is COc1cc2cc(CN(Cc3ccccc3)C(=S)Nc3ccccc3)c(=O)[nH]c2cc1OC. The molecule has 0 saturated carbocycles. The van der Waals surface area contributed by atoms with Crippen LogP contribution >= 0.6 is 12.2 Å². The Morgan fingerprint density at radius 3 is 2.21 bits per heavy atom. The predicted octanol–water partition coefficient (Wildman–Crippen LogP) is 4.94. The summed E-state index contributed by atoms with van der Waals surface area (Å²) in [5.74, 6) is 1.16. The van der Waals surface area contributed by atoms with Gasteiger partial charge in [0.1, 0.15) is 0 Å². The molecule has 3 aromatic carbocycles. The lowest BCUT2D eigenvalue weighted by Crippen LogP contribution is -2.35. The van der Waals surface area contributed by atoms with Crippen molar-refractivity contribution in [1.29, 1.82) is 0 Å². The number of anilines is 1. The monoisotopic (exact) mass is 459 g/mol. The van der Waals surface area contributed by atoms with Gasteiger partial charge in [-0.3, -0.25) is 4.79 Å². The van der Waals surface area contributed by atoms with E-state index in [2.05, 4.69) is 10.3 Å². The fourth-order valence-electron chi connectivity index (χ4n) is 3.63. The number of methoxy groups -OCH3 is 2. The van der Waals surface area contributed by atoms with E-state index in [1.165, 1.54) is 0 Å². The Kier molecular flexibility index (Phi) is 6.90. The third-order valence-electron chi connectivity index (χ3n) is 5.32. The van der Waals surface area contributed by atoms with Crippen molar-refractivity contribution in [2.45, 2.75) is 13.1 Å². The third-order valence-corrected chi connectivity index (χ3v) is 5.68. The maximum atomic E-state index is 12.9. The highest BCUT2D eigenvalue weighted by atomic mass is 32.1. The number of thiocarbonyl (C=S) groups is 1. The van der Waals surface area contributed by atoms with Crippen LogP contribution in [-0.2, 0) is 13.1 Å². The molecule has 0 bridgehead atoms. The van der Waals surface area contributed by atoms with Crippen LogP contribution < -0.4 is 20.3 Å². The van der Waals surface area contributed by atoms with E-state index in [9.17, 15) is 4.79 Å². The van der Waals surface area contributed by atoms with Crippen LogP contribution in [0.4, 0.5) is 5.69 Å². The van der Waals surface area contributed by atoms with Gasteiger partial charge >= 0.3 is 0 Å². The number of ether oxygens (including phenoxy) is 2. The fraction of sp³-hybridized carbons (Fsp3) is 0.154. The van der Waals surface area contributed by atoms with Gasteiger partial charge in [-0.15, -0.1) is 0 Å². The van der Waals surface area contributed by atoms with E-state index >= 15 is 0 Å². The Morgan fingerprint density at radius 1 is 0.909 bits per heavy atom. The van der Waals surface area contributed by atoms with E-state index in [4.69, 9.17) is 21.7 Å². The van der Waals surface area contributed by atoms with Crippen molar-refractivity contribution in [3.05, 3.63) is 100 Å². The summed E-state index contributed by atoms with van der Waals surface area (Å²) in [7, 11) is 3.16. The zero-order chi connectivity index (χ0) is 23.2. The molecule has 0 radical (unpaired) electrons. The molecule has 0 amide bonds. The highest BCUT2D eigenvalue weighted by Crippen LogP contribution is 2.31. The maximum Gasteiger partial charge on any atom is 0.253 e. The first-order valence-corrected chi connectivity index (χ1v) is 10.9. The smallest absolute Gasteiger partial charge is 0.253 e. The zero-order valence-electron chi connectivity index (χ0n) is 18.5. The number of fused-ring (bicyclic) bond motifs is 1. The summed E-state index contributed by atoms with van der Waals surface area (Å²) in [6.07, 6.45) is 0. The molecular formula is C26H25N3O3S. The number of para-hydroxylation sites is 1. The minimum absolute atomic E-state index is 0.171. The summed E-state index contributed by atoms with van der Waals surface area (Å²) >= 11 is 5.73. The molecule has 33 heavy (non-hydrogen) atoms. The third kappa shape index (κ3) is 5.32. The second-order valence-electron chi connectivity index (χ2n) is 7.56. The number of nitrogens with one attached hydrogen (secondary N) is 2. The molecule has 2 N–H and O–H groups in total. The van der Waals surface area contributed by atoms with Crippen LogP contribution in [0, 0.1) is 0 Å². The molecule has 0 aliphatic rings. The molecule has 0 spiro atoms. The first-order valence-electron chi connectivity index (χ1n) is 10.5. The highest BCUT2D eigenvalue weighted by Gasteiger charge is 2.15. The minimum Gasteiger partial charge on any atom is -0.493 e. The van der Waals surface area contributed by atoms with E-state index in [1.807, 2.05) is 77.7 Å². The summed E-state index contributed by atoms with van der Waals surface area (Å²) in [4.78, 5) is 17.9. The van der Waals surface area contributed by atoms with Gasteiger partial charge in [-0.2, -0.15) is 0 Å². The van der Waals surface area contributed by atoms with Crippen molar-refractivity contribution in [3.63, 3.8) is 0 Å². The zero-order valence-corrected chi connectivity index (χ0v) is 19.3. The van der Waals surface area contributed by atoms with Crippen LogP contribution in [0.1, 0.15) is 11.1 Å². The molecule has 168 valence electrons. The summed E-state index contributed by atoms with van der Waals surface area (Å²) in [5.41, 5.74) is 3.10. The van der Waals surface area contributed by atoms with Gasteiger partial charge in [-0.25, -0.2) is 0 Å². The van der Waals surface area contributed by atoms with E-state index in [1.54, 1.807) is 20.3 Å². The number of aromatic nitrogens is 1. The number of rotatable bonds is 7. The Hall–Kier alpha value is -3.84. The van der Waals surface area contributed by atoms with Gasteiger partial charge in [0.05, 0.1) is 26.3 Å². The highest BCUT2D eigenvalue weighted by molar-refractivity contribution is 7.80. The van der Waals surface area contributed by atoms with Crippen LogP contribution in [0.15, 0.2) is 83.7 Å². The topological polar surface area (TPSA) is 66.6 Å². The summed E-state index contributed by atoms with van der Waals surface area (Å²) in [6, 6.07) is 25.3. The molecule has 0 aliphatic heterocycles. The number of H-pyrrole nitrogens is 1. The normalized spacial score (nSPS) is 10.6. The Morgan fingerprint density at radius 2 is 1.55 bits per heavy atom. The van der Waals surface area contributed by atoms with Gasteiger partial charge in [0.15, 0.2) is 16.6 Å². The van der Waals surface area contributed by atoms with Gasteiger partial charge in [-0.1, -0.05) is 48.5 Å². The van der Waals surface area contributed by atoms with Crippen molar-refractivity contribution >= 4 is 33.9 Å². The first kappa shape index (κ1) is 22.4. The number of pyridine rings is 1. The first-order chi connectivity index (χ1) is 16.1. The van der Waals surface area contributed by atoms with Gasteiger partial charge in [0.25, 0.3) is 5.56 Å². The Bertz CT molecular complexity index is 1310. The molecule has 4 rings (SSSR count). The molecule has 7 heteroatoms. The van der Waals surface area contributed by atoms with E-state index < -0.39 is 0 Å². The average molecular weight is 460 g/mol. The molecular weight excluding hydrogens is 434 g/mol. The van der Waals surface area contributed by atoms with Crippen molar-refractivity contribution in [1.82, 2.24) is 9.88 Å². The lowest BCUT2D eigenvalue weighted by molar-refractivity contribution is 0.355. The van der Waals surface area contributed by atoms with E-state index in [0.717, 1.165) is 16.6 Å². The number of nitrogens with zero attached hydrogens (tertiary/aromatic N) is 1. The largest absolute Gasteiger partial charge is 0.493 e. The van der Waals surface area contributed by atoms with Crippen LogP contribution in [0.25, 0.3) is 10.9 Å². The molecule has 0 aliphatic carbocycles. The van der Waals surface area contributed by atoms with Crippen LogP contribution in [-0.4, -0.2) is 29.2 Å². The van der Waals surface area contributed by atoms with E-state index in [-0.39, 0.29) is 5.56 Å². The fourth-order valence-corrected chi connectivity index (χ4v) is 3.88. The van der Waals surface area contributed by atoms with Crippen molar-refractivity contribution < 1.29 is 9.47 Å². The van der Waals surface area contributed by atoms with E-state index in [0.29, 0.717) is 40.8 Å². The van der Waals surface area contributed by atoms with Crippen molar-refractivity contribution in [3.8, 4) is 11.5 Å². The molecule has 1 heterocycles. The summed E-state index contributed by atoms with van der Waals surface area (Å²) in [5, 5.41) is 4.67. The molecule has 0 saturated heterocycles. The van der Waals surface area contributed by atoms with Gasteiger partial charge in [0, 0.05) is 29.2 Å². The standard InChI is InChI=1S/C26H25N3O3S/c1-31-23-14-19-13-20(25(30)28-22(19)15-24(23)32-2)17-29(16-18-9-5-3-6-10-18)26(33)27-21-11-7-4-8-12-21/h3-15H,16-17H2,1-2H3,(H,27,33)(H,28,30). The number of benzene rings is 3. The van der Waals surface area contributed by atoms with Crippen LogP contribution in [0.2, 0.25) is 0 Å². The predicted molar refractivity (Wildman–Crippen MR) is 136 cm³/mol.